The molecule has 3 fully saturated rings. The van der Waals surface area contributed by atoms with Crippen LogP contribution >= 0.6 is 0 Å². The molecule has 0 aromatic heterocycles. The van der Waals surface area contributed by atoms with E-state index in [2.05, 4.69) is 33.9 Å². The highest BCUT2D eigenvalue weighted by molar-refractivity contribution is 6.74. The second-order valence-electron chi connectivity index (χ2n) is 9.21. The van der Waals surface area contributed by atoms with Gasteiger partial charge in [0.15, 0.2) is 14.6 Å². The Kier molecular flexibility index (Phi) is 5.26. The smallest absolute Gasteiger partial charge is 0.271 e. The fourth-order valence-corrected chi connectivity index (χ4v) is 5.58. The third-order valence-corrected chi connectivity index (χ3v) is 11.1. The summed E-state index contributed by atoms with van der Waals surface area (Å²) in [5, 5.41) is 21.9. The Hall–Kier alpha value is -0.583. The summed E-state index contributed by atoms with van der Waals surface area (Å²) in [6, 6.07) is -1.01. The van der Waals surface area contributed by atoms with Gasteiger partial charge in [0, 0.05) is 23.7 Å². The fraction of sp³-hybridized carbons (Fsp3) is 1.00. The Labute approximate surface area is 155 Å². The molecular formula is C17H31NO7Si. The van der Waals surface area contributed by atoms with Crippen molar-refractivity contribution in [2.75, 3.05) is 19.8 Å². The molecule has 8 nitrogen and oxygen atoms in total. The first-order valence-electron chi connectivity index (χ1n) is 9.36. The molecule has 0 aromatic rings. The van der Waals surface area contributed by atoms with Gasteiger partial charge >= 0.3 is 0 Å². The van der Waals surface area contributed by atoms with Gasteiger partial charge in [-0.1, -0.05) is 20.8 Å². The highest BCUT2D eigenvalue weighted by atomic mass is 28.4. The first-order valence-corrected chi connectivity index (χ1v) is 12.3. The maximum Gasteiger partial charge on any atom is 0.271 e. The lowest BCUT2D eigenvalue weighted by Crippen LogP contribution is -2.65. The van der Waals surface area contributed by atoms with E-state index in [1.807, 2.05) is 0 Å². The van der Waals surface area contributed by atoms with Crippen LogP contribution in [0.15, 0.2) is 0 Å². The molecule has 2 saturated heterocycles. The summed E-state index contributed by atoms with van der Waals surface area (Å²) in [6.45, 7) is 11.6. The lowest BCUT2D eigenvalue weighted by Gasteiger charge is -2.51. The predicted octanol–water partition coefficient (Wildman–Crippen LogP) is 2.14. The average molecular weight is 390 g/mol. The Morgan fingerprint density at radius 1 is 1.23 bits per heavy atom. The van der Waals surface area contributed by atoms with E-state index >= 15 is 0 Å². The van der Waals surface area contributed by atoms with Gasteiger partial charge in [-0.15, -0.1) is 0 Å². The van der Waals surface area contributed by atoms with Crippen molar-refractivity contribution in [2.45, 2.75) is 76.0 Å². The zero-order valence-electron chi connectivity index (χ0n) is 16.3. The van der Waals surface area contributed by atoms with Gasteiger partial charge in [-0.25, -0.2) is 0 Å². The number of nitrogens with zero attached hydrogens (tertiary/aromatic N) is 1. The van der Waals surface area contributed by atoms with E-state index in [9.17, 15) is 15.2 Å². The van der Waals surface area contributed by atoms with Crippen molar-refractivity contribution in [1.29, 1.82) is 0 Å². The molecule has 0 amide bonds. The molecule has 2 aliphatic heterocycles. The van der Waals surface area contributed by atoms with Gasteiger partial charge in [-0.05, 0) is 18.1 Å². The number of aliphatic hydroxyl groups is 1. The van der Waals surface area contributed by atoms with Crippen molar-refractivity contribution >= 4 is 8.32 Å². The molecule has 1 unspecified atom stereocenters. The third kappa shape index (κ3) is 3.45. The van der Waals surface area contributed by atoms with Crippen molar-refractivity contribution in [2.24, 2.45) is 11.8 Å². The molecule has 1 spiro atoms. The molecule has 26 heavy (non-hydrogen) atoms. The van der Waals surface area contributed by atoms with Crippen LogP contribution in [0.25, 0.3) is 0 Å². The van der Waals surface area contributed by atoms with Gasteiger partial charge in [0.1, 0.15) is 0 Å². The number of hydrogen-bond donors (Lipinski definition) is 1. The molecular weight excluding hydrogens is 358 g/mol. The standard InChI is InChI=1S/C17H31NO7Si/c1-16(2,3)26(4,5)25-13-9-17(23-6-7-24-17)15(18(20)21)12-10-22-14(19)8-11(12)13/h11-15,19H,6-10H2,1-5H3/t11-,12+,13+,14?,15-/m0/s1. The van der Waals surface area contributed by atoms with Gasteiger partial charge < -0.3 is 23.7 Å². The maximum absolute atomic E-state index is 11.9. The maximum atomic E-state index is 11.9. The van der Waals surface area contributed by atoms with Crippen molar-refractivity contribution in [3.8, 4) is 0 Å². The van der Waals surface area contributed by atoms with E-state index < -0.39 is 32.4 Å². The summed E-state index contributed by atoms with van der Waals surface area (Å²) in [7, 11) is -2.11. The van der Waals surface area contributed by atoms with E-state index in [1.165, 1.54) is 0 Å². The molecule has 1 aliphatic carbocycles. The molecule has 2 heterocycles. The highest BCUT2D eigenvalue weighted by Gasteiger charge is 2.65. The minimum atomic E-state index is -2.11. The van der Waals surface area contributed by atoms with Crippen LogP contribution in [0, 0.1) is 22.0 Å². The largest absolute Gasteiger partial charge is 0.413 e. The molecule has 9 heteroatoms. The SMILES string of the molecule is CC(C)(C)[Si](C)(C)O[C@@H]1CC2(OCCO2)[C@@H]([N+](=O)[O-])[C@@H]2COC(O)C[C@@H]21. The minimum Gasteiger partial charge on any atom is -0.413 e. The molecule has 1 N–H and O–H groups in total. The average Bonchev–Trinajstić information content (AvgIpc) is 2.94. The summed E-state index contributed by atoms with van der Waals surface area (Å²) >= 11 is 0. The number of rotatable bonds is 3. The normalized spacial score (nSPS) is 37.5. The van der Waals surface area contributed by atoms with Crippen LogP contribution in [0.1, 0.15) is 33.6 Å². The summed E-state index contributed by atoms with van der Waals surface area (Å²) in [5.74, 6) is -1.82. The van der Waals surface area contributed by atoms with Gasteiger partial charge in [0.05, 0.1) is 31.8 Å². The summed E-state index contributed by atoms with van der Waals surface area (Å²) < 4.78 is 23.7. The molecule has 150 valence electrons. The van der Waals surface area contributed by atoms with Crippen molar-refractivity contribution in [1.82, 2.24) is 0 Å². The van der Waals surface area contributed by atoms with Crippen molar-refractivity contribution in [3.05, 3.63) is 10.1 Å². The quantitative estimate of drug-likeness (QED) is 0.448. The number of aliphatic hydroxyl groups excluding tert-OH is 1. The van der Waals surface area contributed by atoms with Crippen molar-refractivity contribution < 1.29 is 28.7 Å². The van der Waals surface area contributed by atoms with Crippen LogP contribution in [-0.2, 0) is 18.6 Å². The fourth-order valence-electron chi connectivity index (χ4n) is 4.21. The van der Waals surface area contributed by atoms with Crippen LogP contribution in [-0.4, -0.2) is 62.4 Å². The predicted molar refractivity (Wildman–Crippen MR) is 95.7 cm³/mol. The van der Waals surface area contributed by atoms with E-state index in [0.717, 1.165) is 0 Å². The molecule has 3 rings (SSSR count). The number of hydrogen-bond acceptors (Lipinski definition) is 7. The van der Waals surface area contributed by atoms with Crippen molar-refractivity contribution in [3.63, 3.8) is 0 Å². The Morgan fingerprint density at radius 3 is 2.38 bits per heavy atom. The van der Waals surface area contributed by atoms with E-state index in [0.29, 0.717) is 26.1 Å². The molecule has 3 aliphatic rings. The Bertz CT molecular complexity index is 544. The zero-order valence-corrected chi connectivity index (χ0v) is 17.3. The number of ether oxygens (including phenoxy) is 3. The molecule has 0 bridgehead atoms. The lowest BCUT2D eigenvalue weighted by molar-refractivity contribution is -0.583. The van der Waals surface area contributed by atoms with Crippen LogP contribution in [0.2, 0.25) is 18.1 Å². The van der Waals surface area contributed by atoms with Gasteiger partial charge in [-0.3, -0.25) is 10.1 Å². The summed E-state index contributed by atoms with van der Waals surface area (Å²) in [6.07, 6.45) is -0.508. The summed E-state index contributed by atoms with van der Waals surface area (Å²) in [4.78, 5) is 11.6. The van der Waals surface area contributed by atoms with Crippen LogP contribution in [0.5, 0.6) is 0 Å². The van der Waals surface area contributed by atoms with Gasteiger partial charge in [-0.2, -0.15) is 0 Å². The van der Waals surface area contributed by atoms with E-state index in [1.54, 1.807) is 0 Å². The molecule has 1 saturated carbocycles. The number of nitro groups is 1. The second-order valence-corrected chi connectivity index (χ2v) is 14.0. The lowest BCUT2D eigenvalue weighted by atomic mass is 9.69. The van der Waals surface area contributed by atoms with Crippen LogP contribution < -0.4 is 0 Å². The second kappa shape index (κ2) is 6.79. The van der Waals surface area contributed by atoms with Crippen LogP contribution in [0.3, 0.4) is 0 Å². The monoisotopic (exact) mass is 389 g/mol. The molecule has 5 atom stereocenters. The minimum absolute atomic E-state index is 0.0107. The van der Waals surface area contributed by atoms with E-state index in [-0.39, 0.29) is 28.6 Å². The third-order valence-electron chi connectivity index (χ3n) is 6.58. The number of fused-ring (bicyclic) bond motifs is 1. The van der Waals surface area contributed by atoms with Gasteiger partial charge in [0.2, 0.25) is 5.79 Å². The summed E-state index contributed by atoms with van der Waals surface area (Å²) in [5.41, 5.74) is 0. The first-order chi connectivity index (χ1) is 12.0. The molecule has 0 aromatic carbocycles. The van der Waals surface area contributed by atoms with Gasteiger partial charge in [0.25, 0.3) is 6.04 Å². The zero-order chi connectivity index (χ0) is 19.3. The van der Waals surface area contributed by atoms with Crippen LogP contribution in [0.4, 0.5) is 0 Å². The van der Waals surface area contributed by atoms with E-state index in [4.69, 9.17) is 18.6 Å². The topological polar surface area (TPSA) is 100 Å². The first kappa shape index (κ1) is 20.2. The Morgan fingerprint density at radius 2 is 1.85 bits per heavy atom. The highest BCUT2D eigenvalue weighted by Crippen LogP contribution is 2.50. The Balaban J connectivity index is 1.94. The molecule has 0 radical (unpaired) electrons.